The minimum atomic E-state index is -0.656. The Labute approximate surface area is 112 Å². The van der Waals surface area contributed by atoms with Gasteiger partial charge in [0.05, 0.1) is 29.9 Å². The fourth-order valence-corrected chi connectivity index (χ4v) is 2.46. The Hall–Kier alpha value is -1.88. The molecule has 0 aliphatic rings. The summed E-state index contributed by atoms with van der Waals surface area (Å²) >= 11 is 0. The van der Waals surface area contributed by atoms with Crippen molar-refractivity contribution in [3.05, 3.63) is 30.1 Å². The number of rotatable bonds is 4. The Bertz CT molecular complexity index is 589. The zero-order valence-corrected chi connectivity index (χ0v) is 11.7. The van der Waals surface area contributed by atoms with Crippen LogP contribution < -0.4 is 5.32 Å². The van der Waals surface area contributed by atoms with Crippen LogP contribution in [0.5, 0.6) is 0 Å². The van der Waals surface area contributed by atoms with Crippen LogP contribution in [0.15, 0.2) is 24.5 Å². The Morgan fingerprint density at radius 1 is 1.47 bits per heavy atom. The lowest BCUT2D eigenvalue weighted by Crippen LogP contribution is -2.39. The number of carbonyl (C=O) groups is 1. The Balaban J connectivity index is 2.43. The number of ether oxygens (including phenoxy) is 1. The molecule has 0 aliphatic carbocycles. The first-order valence-corrected chi connectivity index (χ1v) is 6.19. The molecule has 0 saturated carbocycles. The third-order valence-electron chi connectivity index (χ3n) is 3.50. The Morgan fingerprint density at radius 3 is 2.84 bits per heavy atom. The van der Waals surface area contributed by atoms with Crippen LogP contribution in [0.2, 0.25) is 0 Å². The summed E-state index contributed by atoms with van der Waals surface area (Å²) in [5, 5.41) is 3.20. The average Bonchev–Trinajstić information content (AvgIpc) is 2.85. The molecule has 5 heteroatoms. The van der Waals surface area contributed by atoms with Gasteiger partial charge in [0.1, 0.15) is 0 Å². The van der Waals surface area contributed by atoms with Gasteiger partial charge >= 0.3 is 5.97 Å². The topological polar surface area (TPSA) is 67.0 Å². The van der Waals surface area contributed by atoms with E-state index in [4.69, 9.17) is 4.74 Å². The number of fused-ring (bicyclic) bond motifs is 1. The van der Waals surface area contributed by atoms with Crippen LogP contribution in [0.3, 0.4) is 0 Å². The second-order valence-corrected chi connectivity index (χ2v) is 5.11. The molecule has 0 amide bonds. The molecule has 0 spiro atoms. The molecule has 0 bridgehead atoms. The highest BCUT2D eigenvalue weighted by atomic mass is 16.5. The summed E-state index contributed by atoms with van der Waals surface area (Å²) in [7, 11) is 3.25. The number of aromatic amines is 1. The van der Waals surface area contributed by atoms with E-state index in [0.717, 1.165) is 16.6 Å². The van der Waals surface area contributed by atoms with Gasteiger partial charge in [0.25, 0.3) is 0 Å². The third kappa shape index (κ3) is 2.33. The number of aromatic nitrogens is 2. The standard InChI is InChI=1S/C14H19N3O2/c1-14(2,13(18)19-4)12(15-3)9-5-6-10-11(7-9)17-8-16-10/h5-8,12,15H,1-4H3,(H,16,17). The highest BCUT2D eigenvalue weighted by Gasteiger charge is 2.38. The molecule has 0 radical (unpaired) electrons. The molecule has 19 heavy (non-hydrogen) atoms. The van der Waals surface area contributed by atoms with Crippen molar-refractivity contribution in [2.75, 3.05) is 14.2 Å². The molecule has 2 rings (SSSR count). The van der Waals surface area contributed by atoms with Gasteiger partial charge in [0.2, 0.25) is 0 Å². The lowest BCUT2D eigenvalue weighted by Gasteiger charge is -2.31. The van der Waals surface area contributed by atoms with Crippen molar-refractivity contribution in [1.29, 1.82) is 0 Å². The first-order valence-electron chi connectivity index (χ1n) is 6.19. The summed E-state index contributed by atoms with van der Waals surface area (Å²) < 4.78 is 4.89. The van der Waals surface area contributed by atoms with Gasteiger partial charge in [-0.2, -0.15) is 0 Å². The van der Waals surface area contributed by atoms with E-state index in [2.05, 4.69) is 15.3 Å². The minimum Gasteiger partial charge on any atom is -0.469 e. The maximum atomic E-state index is 11.9. The first kappa shape index (κ1) is 13.5. The zero-order valence-electron chi connectivity index (χ0n) is 11.7. The van der Waals surface area contributed by atoms with Gasteiger partial charge in [-0.05, 0) is 38.6 Å². The number of nitrogens with one attached hydrogen (secondary N) is 2. The van der Waals surface area contributed by atoms with Crippen LogP contribution in [0, 0.1) is 5.41 Å². The van der Waals surface area contributed by atoms with Crippen LogP contribution in [0.4, 0.5) is 0 Å². The lowest BCUT2D eigenvalue weighted by atomic mass is 9.80. The molecule has 1 unspecified atom stereocenters. The second-order valence-electron chi connectivity index (χ2n) is 5.11. The molecule has 0 fully saturated rings. The quantitative estimate of drug-likeness (QED) is 0.826. The fraction of sp³-hybridized carbons (Fsp3) is 0.429. The number of hydrogen-bond acceptors (Lipinski definition) is 4. The van der Waals surface area contributed by atoms with E-state index in [-0.39, 0.29) is 12.0 Å². The van der Waals surface area contributed by atoms with Crippen LogP contribution in [-0.2, 0) is 9.53 Å². The summed E-state index contributed by atoms with van der Waals surface area (Å²) in [6, 6.07) is 5.80. The predicted molar refractivity (Wildman–Crippen MR) is 73.7 cm³/mol. The SMILES string of the molecule is CNC(c1ccc2nc[nH]c2c1)C(C)(C)C(=O)OC. The number of benzene rings is 1. The third-order valence-corrected chi connectivity index (χ3v) is 3.50. The van der Waals surface area contributed by atoms with Gasteiger partial charge in [-0.25, -0.2) is 4.98 Å². The predicted octanol–water partition coefficient (Wildman–Crippen LogP) is 2.02. The number of methoxy groups -OCH3 is 1. The molecule has 1 aromatic carbocycles. The molecule has 1 aromatic heterocycles. The average molecular weight is 261 g/mol. The molecule has 1 heterocycles. The molecule has 1 atom stereocenters. The van der Waals surface area contributed by atoms with E-state index in [1.807, 2.05) is 39.1 Å². The summed E-state index contributed by atoms with van der Waals surface area (Å²) in [5.41, 5.74) is 2.24. The van der Waals surface area contributed by atoms with Gasteiger partial charge in [-0.3, -0.25) is 4.79 Å². The normalized spacial score (nSPS) is 13.5. The van der Waals surface area contributed by atoms with Gasteiger partial charge in [0.15, 0.2) is 0 Å². The number of nitrogens with zero attached hydrogens (tertiary/aromatic N) is 1. The van der Waals surface area contributed by atoms with Crippen molar-refractivity contribution in [3.63, 3.8) is 0 Å². The molecular weight excluding hydrogens is 242 g/mol. The smallest absolute Gasteiger partial charge is 0.313 e. The van der Waals surface area contributed by atoms with E-state index >= 15 is 0 Å². The van der Waals surface area contributed by atoms with E-state index < -0.39 is 5.41 Å². The Morgan fingerprint density at radius 2 is 2.21 bits per heavy atom. The van der Waals surface area contributed by atoms with Crippen molar-refractivity contribution in [1.82, 2.24) is 15.3 Å². The van der Waals surface area contributed by atoms with Crippen molar-refractivity contribution >= 4 is 17.0 Å². The molecule has 2 aromatic rings. The van der Waals surface area contributed by atoms with Crippen LogP contribution in [-0.4, -0.2) is 30.1 Å². The number of carbonyl (C=O) groups excluding carboxylic acids is 1. The second kappa shape index (κ2) is 5.01. The zero-order chi connectivity index (χ0) is 14.0. The minimum absolute atomic E-state index is 0.132. The molecule has 102 valence electrons. The summed E-state index contributed by atoms with van der Waals surface area (Å²) in [4.78, 5) is 19.2. The maximum Gasteiger partial charge on any atom is 0.313 e. The van der Waals surface area contributed by atoms with Crippen molar-refractivity contribution in [2.45, 2.75) is 19.9 Å². The first-order chi connectivity index (χ1) is 9.00. The van der Waals surface area contributed by atoms with Crippen LogP contribution in [0.25, 0.3) is 11.0 Å². The number of esters is 1. The summed E-state index contributed by atoms with van der Waals surface area (Å²) in [6.45, 7) is 3.74. The Kier molecular flexibility index (Phi) is 3.57. The molecule has 0 saturated heterocycles. The highest BCUT2D eigenvalue weighted by Crippen LogP contribution is 2.35. The van der Waals surface area contributed by atoms with Gasteiger partial charge in [0, 0.05) is 6.04 Å². The van der Waals surface area contributed by atoms with E-state index in [1.54, 1.807) is 6.33 Å². The maximum absolute atomic E-state index is 11.9. The number of H-pyrrole nitrogens is 1. The summed E-state index contributed by atoms with van der Waals surface area (Å²) in [6.07, 6.45) is 1.66. The van der Waals surface area contributed by atoms with E-state index in [1.165, 1.54) is 7.11 Å². The number of imidazole rings is 1. The van der Waals surface area contributed by atoms with Crippen LogP contribution in [0.1, 0.15) is 25.5 Å². The number of hydrogen-bond donors (Lipinski definition) is 2. The van der Waals surface area contributed by atoms with Crippen molar-refractivity contribution in [3.8, 4) is 0 Å². The van der Waals surface area contributed by atoms with Gasteiger partial charge in [-0.1, -0.05) is 6.07 Å². The van der Waals surface area contributed by atoms with E-state index in [0.29, 0.717) is 0 Å². The van der Waals surface area contributed by atoms with E-state index in [9.17, 15) is 4.79 Å². The van der Waals surface area contributed by atoms with Crippen molar-refractivity contribution < 1.29 is 9.53 Å². The van der Waals surface area contributed by atoms with Gasteiger partial charge in [-0.15, -0.1) is 0 Å². The van der Waals surface area contributed by atoms with Gasteiger partial charge < -0.3 is 15.0 Å². The lowest BCUT2D eigenvalue weighted by molar-refractivity contribution is -0.152. The van der Waals surface area contributed by atoms with Crippen LogP contribution >= 0.6 is 0 Å². The molecule has 0 aliphatic heterocycles. The monoisotopic (exact) mass is 261 g/mol. The highest BCUT2D eigenvalue weighted by molar-refractivity contribution is 5.79. The molecule has 5 nitrogen and oxygen atoms in total. The molecular formula is C14H19N3O2. The largest absolute Gasteiger partial charge is 0.469 e. The summed E-state index contributed by atoms with van der Waals surface area (Å²) in [5.74, 6) is -0.239. The van der Waals surface area contributed by atoms with Crippen molar-refractivity contribution in [2.24, 2.45) is 5.41 Å². The molecule has 2 N–H and O–H groups in total. The fourth-order valence-electron chi connectivity index (χ4n) is 2.46.